The largest absolute Gasteiger partial charge is 0.378 e. The van der Waals surface area contributed by atoms with Crippen LogP contribution in [0, 0.1) is 5.41 Å². The zero-order valence-electron chi connectivity index (χ0n) is 11.2. The Labute approximate surface area is 118 Å². The first-order valence-corrected chi connectivity index (χ1v) is 7.52. The van der Waals surface area contributed by atoms with E-state index in [-0.39, 0.29) is 5.41 Å². The van der Waals surface area contributed by atoms with E-state index in [2.05, 4.69) is 59.4 Å². The van der Waals surface area contributed by atoms with Gasteiger partial charge in [0.15, 0.2) is 0 Å². The molecule has 0 radical (unpaired) electrons. The maximum atomic E-state index is 5.81. The number of rotatable bonds is 5. The third-order valence-electron chi connectivity index (χ3n) is 4.03. The van der Waals surface area contributed by atoms with Crippen molar-refractivity contribution in [3.05, 3.63) is 34.3 Å². The summed E-state index contributed by atoms with van der Waals surface area (Å²) >= 11 is 3.49. The molecular weight excluding hydrogens is 290 g/mol. The first-order valence-electron chi connectivity index (χ1n) is 6.73. The molecule has 1 heterocycles. The Balaban J connectivity index is 2.12. The molecule has 0 bridgehead atoms. The summed E-state index contributed by atoms with van der Waals surface area (Å²) in [6.45, 7) is 7.33. The molecule has 2 nitrogen and oxygen atoms in total. The van der Waals surface area contributed by atoms with Crippen molar-refractivity contribution in [1.82, 2.24) is 5.32 Å². The minimum Gasteiger partial charge on any atom is -0.378 e. The highest BCUT2D eigenvalue weighted by molar-refractivity contribution is 9.10. The number of nitrogens with one attached hydrogen (secondary N) is 1. The molecule has 2 atom stereocenters. The van der Waals surface area contributed by atoms with Gasteiger partial charge < -0.3 is 10.1 Å². The maximum absolute atomic E-state index is 5.81. The lowest BCUT2D eigenvalue weighted by Crippen LogP contribution is -2.41. The molecule has 1 fully saturated rings. The van der Waals surface area contributed by atoms with Crippen LogP contribution in [0.25, 0.3) is 0 Å². The number of hydrogen-bond donors (Lipinski definition) is 1. The lowest BCUT2D eigenvalue weighted by molar-refractivity contribution is 0.0633. The van der Waals surface area contributed by atoms with Gasteiger partial charge in [-0.15, -0.1) is 0 Å². The predicted octanol–water partition coefficient (Wildman–Crippen LogP) is 3.40. The van der Waals surface area contributed by atoms with E-state index in [0.29, 0.717) is 6.10 Å². The fourth-order valence-electron chi connectivity index (χ4n) is 2.73. The van der Waals surface area contributed by atoms with Crippen molar-refractivity contribution in [3.8, 4) is 0 Å². The second-order valence-electron chi connectivity index (χ2n) is 5.21. The minimum absolute atomic E-state index is 0.254. The summed E-state index contributed by atoms with van der Waals surface area (Å²) in [7, 11) is 0. The van der Waals surface area contributed by atoms with E-state index in [1.807, 2.05) is 0 Å². The van der Waals surface area contributed by atoms with Gasteiger partial charge in [0.05, 0.1) is 6.10 Å². The molecule has 1 aliphatic heterocycles. The van der Waals surface area contributed by atoms with Crippen molar-refractivity contribution in [2.45, 2.75) is 32.8 Å². The van der Waals surface area contributed by atoms with E-state index in [1.165, 1.54) is 5.56 Å². The van der Waals surface area contributed by atoms with Gasteiger partial charge >= 0.3 is 0 Å². The molecule has 1 aromatic carbocycles. The zero-order chi connectivity index (χ0) is 13.0. The molecule has 0 aliphatic carbocycles. The van der Waals surface area contributed by atoms with E-state index < -0.39 is 0 Å². The SMILES string of the molecule is CCNCC1(Cc2ccc(Br)cc2)CCOC1C. The first-order chi connectivity index (χ1) is 8.66. The standard InChI is InChI=1S/C15H22BrNO/c1-3-17-11-15(8-9-18-12(15)2)10-13-4-6-14(16)7-5-13/h4-7,12,17H,3,8-11H2,1-2H3. The fourth-order valence-corrected chi connectivity index (χ4v) is 2.99. The van der Waals surface area contributed by atoms with Crippen LogP contribution in [0.15, 0.2) is 28.7 Å². The second-order valence-corrected chi connectivity index (χ2v) is 6.12. The summed E-state index contributed by atoms with van der Waals surface area (Å²) in [6, 6.07) is 8.67. The van der Waals surface area contributed by atoms with Gasteiger partial charge in [-0.25, -0.2) is 0 Å². The molecule has 3 heteroatoms. The Bertz CT molecular complexity index is 379. The molecule has 2 rings (SSSR count). The molecule has 1 aromatic rings. The molecule has 2 unspecified atom stereocenters. The highest BCUT2D eigenvalue weighted by atomic mass is 79.9. The molecule has 1 saturated heterocycles. The van der Waals surface area contributed by atoms with E-state index in [1.54, 1.807) is 0 Å². The third-order valence-corrected chi connectivity index (χ3v) is 4.56. The number of benzene rings is 1. The summed E-state index contributed by atoms with van der Waals surface area (Å²) in [5.74, 6) is 0. The Morgan fingerprint density at radius 3 is 2.67 bits per heavy atom. The normalized spacial score (nSPS) is 27.6. The smallest absolute Gasteiger partial charge is 0.0619 e. The van der Waals surface area contributed by atoms with Crippen LogP contribution in [0.5, 0.6) is 0 Å². The van der Waals surface area contributed by atoms with Crippen LogP contribution < -0.4 is 5.32 Å². The van der Waals surface area contributed by atoms with Gasteiger partial charge in [-0.05, 0) is 44.0 Å². The summed E-state index contributed by atoms with van der Waals surface area (Å²) in [4.78, 5) is 0. The van der Waals surface area contributed by atoms with Gasteiger partial charge in [0.1, 0.15) is 0 Å². The highest BCUT2D eigenvalue weighted by Gasteiger charge is 2.40. The molecule has 0 spiro atoms. The lowest BCUT2D eigenvalue weighted by Gasteiger charge is -2.32. The van der Waals surface area contributed by atoms with Crippen LogP contribution in [-0.2, 0) is 11.2 Å². The third kappa shape index (κ3) is 3.14. The highest BCUT2D eigenvalue weighted by Crippen LogP contribution is 2.37. The van der Waals surface area contributed by atoms with Crippen LogP contribution in [-0.4, -0.2) is 25.8 Å². The van der Waals surface area contributed by atoms with E-state index >= 15 is 0 Å². The molecule has 100 valence electrons. The van der Waals surface area contributed by atoms with Crippen molar-refractivity contribution in [3.63, 3.8) is 0 Å². The van der Waals surface area contributed by atoms with E-state index in [9.17, 15) is 0 Å². The molecule has 1 N–H and O–H groups in total. The summed E-state index contributed by atoms with van der Waals surface area (Å²) in [6.07, 6.45) is 2.58. The lowest BCUT2D eigenvalue weighted by atomic mass is 9.76. The Morgan fingerprint density at radius 2 is 2.11 bits per heavy atom. The summed E-state index contributed by atoms with van der Waals surface area (Å²) in [5, 5.41) is 3.50. The number of halogens is 1. The van der Waals surface area contributed by atoms with Crippen molar-refractivity contribution in [2.75, 3.05) is 19.7 Å². The average molecular weight is 312 g/mol. The Hall–Kier alpha value is -0.380. The number of ether oxygens (including phenoxy) is 1. The van der Waals surface area contributed by atoms with Gasteiger partial charge in [-0.3, -0.25) is 0 Å². The van der Waals surface area contributed by atoms with Crippen molar-refractivity contribution in [2.24, 2.45) is 5.41 Å². The van der Waals surface area contributed by atoms with Gasteiger partial charge in [0, 0.05) is 23.0 Å². The predicted molar refractivity (Wildman–Crippen MR) is 78.9 cm³/mol. The van der Waals surface area contributed by atoms with Gasteiger partial charge in [-0.1, -0.05) is 35.0 Å². The van der Waals surface area contributed by atoms with E-state index in [4.69, 9.17) is 4.74 Å². The topological polar surface area (TPSA) is 21.3 Å². The monoisotopic (exact) mass is 311 g/mol. The Kier molecular flexibility index (Phi) is 4.82. The number of hydrogen-bond acceptors (Lipinski definition) is 2. The van der Waals surface area contributed by atoms with Crippen LogP contribution >= 0.6 is 15.9 Å². The zero-order valence-corrected chi connectivity index (χ0v) is 12.8. The summed E-state index contributed by atoms with van der Waals surface area (Å²) < 4.78 is 6.95. The minimum atomic E-state index is 0.254. The molecule has 0 saturated carbocycles. The van der Waals surface area contributed by atoms with Gasteiger partial charge in [-0.2, -0.15) is 0 Å². The molecular formula is C15H22BrNO. The first kappa shape index (κ1) is 14.0. The van der Waals surface area contributed by atoms with Crippen LogP contribution in [0.1, 0.15) is 25.8 Å². The fraction of sp³-hybridized carbons (Fsp3) is 0.600. The molecule has 18 heavy (non-hydrogen) atoms. The molecule has 0 aromatic heterocycles. The Morgan fingerprint density at radius 1 is 1.39 bits per heavy atom. The van der Waals surface area contributed by atoms with Crippen LogP contribution in [0.2, 0.25) is 0 Å². The molecule has 1 aliphatic rings. The van der Waals surface area contributed by atoms with Crippen molar-refractivity contribution in [1.29, 1.82) is 0 Å². The average Bonchev–Trinajstić information content (AvgIpc) is 2.72. The summed E-state index contributed by atoms with van der Waals surface area (Å²) in [5.41, 5.74) is 1.65. The quantitative estimate of drug-likeness (QED) is 0.900. The van der Waals surface area contributed by atoms with E-state index in [0.717, 1.165) is 37.0 Å². The maximum Gasteiger partial charge on any atom is 0.0619 e. The van der Waals surface area contributed by atoms with Crippen LogP contribution in [0.4, 0.5) is 0 Å². The molecule has 0 amide bonds. The van der Waals surface area contributed by atoms with Gasteiger partial charge in [0.25, 0.3) is 0 Å². The second kappa shape index (κ2) is 6.18. The van der Waals surface area contributed by atoms with Crippen molar-refractivity contribution < 1.29 is 4.74 Å². The van der Waals surface area contributed by atoms with Crippen LogP contribution in [0.3, 0.4) is 0 Å². The van der Waals surface area contributed by atoms with Crippen molar-refractivity contribution >= 4 is 15.9 Å². The van der Waals surface area contributed by atoms with Gasteiger partial charge in [0.2, 0.25) is 0 Å².